The van der Waals surface area contributed by atoms with Crippen molar-refractivity contribution in [1.29, 1.82) is 0 Å². The van der Waals surface area contributed by atoms with Gasteiger partial charge in [0.1, 0.15) is 10.6 Å². The molecule has 0 bridgehead atoms. The average Bonchev–Trinajstić information content (AvgIpc) is 2.53. The molecule has 0 aromatic heterocycles. The predicted molar refractivity (Wildman–Crippen MR) is 92.3 cm³/mol. The van der Waals surface area contributed by atoms with Crippen molar-refractivity contribution < 1.29 is 13.2 Å². The molecule has 124 valence electrons. The van der Waals surface area contributed by atoms with Gasteiger partial charge in [-0.05, 0) is 41.7 Å². The first-order valence-corrected chi connectivity index (χ1v) is 9.05. The Morgan fingerprint density at radius 3 is 2.35 bits per heavy atom. The Kier molecular flexibility index (Phi) is 5.44. The highest BCUT2D eigenvalue weighted by Crippen LogP contribution is 2.31. The molecule has 5 heteroatoms. The Bertz CT molecular complexity index is 768. The van der Waals surface area contributed by atoms with Gasteiger partial charge >= 0.3 is 0 Å². The zero-order valence-electron chi connectivity index (χ0n) is 14.0. The third kappa shape index (κ3) is 4.12. The number of benzene rings is 2. The number of ether oxygens (including phenoxy) is 1. The lowest BCUT2D eigenvalue weighted by atomic mass is 9.98. The molecule has 0 unspecified atom stereocenters. The van der Waals surface area contributed by atoms with Gasteiger partial charge < -0.3 is 4.74 Å². The third-order valence-electron chi connectivity index (χ3n) is 3.77. The summed E-state index contributed by atoms with van der Waals surface area (Å²) in [6.07, 6.45) is 0. The van der Waals surface area contributed by atoms with Crippen molar-refractivity contribution in [3.8, 4) is 5.75 Å². The quantitative estimate of drug-likeness (QED) is 0.878. The van der Waals surface area contributed by atoms with Gasteiger partial charge in [0.05, 0.1) is 7.11 Å². The van der Waals surface area contributed by atoms with E-state index in [2.05, 4.69) is 4.72 Å². The topological polar surface area (TPSA) is 55.4 Å². The molecule has 4 nitrogen and oxygen atoms in total. The maximum absolute atomic E-state index is 12.7. The van der Waals surface area contributed by atoms with E-state index in [1.165, 1.54) is 7.11 Å². The van der Waals surface area contributed by atoms with Crippen molar-refractivity contribution in [3.63, 3.8) is 0 Å². The van der Waals surface area contributed by atoms with Crippen molar-refractivity contribution in [1.82, 2.24) is 4.72 Å². The van der Waals surface area contributed by atoms with Gasteiger partial charge in [-0.25, -0.2) is 13.1 Å². The lowest BCUT2D eigenvalue weighted by Crippen LogP contribution is -2.24. The van der Waals surface area contributed by atoms with Gasteiger partial charge in [0.2, 0.25) is 10.0 Å². The summed E-state index contributed by atoms with van der Waals surface area (Å²) in [5, 5.41) is 0. The van der Waals surface area contributed by atoms with Crippen molar-refractivity contribution in [2.75, 3.05) is 7.11 Å². The second kappa shape index (κ2) is 7.15. The van der Waals surface area contributed by atoms with Crippen LogP contribution in [-0.2, 0) is 16.6 Å². The number of aryl methyl sites for hydroxylation is 1. The fraction of sp³-hybridized carbons (Fsp3) is 0.333. The summed E-state index contributed by atoms with van der Waals surface area (Å²) < 4.78 is 33.3. The minimum atomic E-state index is -3.65. The number of methoxy groups -OCH3 is 1. The Labute approximate surface area is 138 Å². The van der Waals surface area contributed by atoms with Gasteiger partial charge in [0, 0.05) is 6.54 Å². The molecule has 2 aromatic carbocycles. The summed E-state index contributed by atoms with van der Waals surface area (Å²) in [5.41, 5.74) is 2.94. The van der Waals surface area contributed by atoms with Gasteiger partial charge in [-0.1, -0.05) is 44.2 Å². The molecule has 2 aromatic rings. The third-order valence-corrected chi connectivity index (χ3v) is 5.20. The van der Waals surface area contributed by atoms with Crippen LogP contribution in [0.25, 0.3) is 0 Å². The number of rotatable bonds is 6. The second-order valence-electron chi connectivity index (χ2n) is 5.82. The maximum atomic E-state index is 12.7. The lowest BCUT2D eigenvalue weighted by molar-refractivity contribution is 0.401. The smallest absolute Gasteiger partial charge is 0.244 e. The van der Waals surface area contributed by atoms with Crippen LogP contribution in [0.4, 0.5) is 0 Å². The van der Waals surface area contributed by atoms with E-state index in [1.807, 2.05) is 51.1 Å². The van der Waals surface area contributed by atoms with E-state index in [4.69, 9.17) is 4.74 Å². The van der Waals surface area contributed by atoms with Crippen LogP contribution in [0.2, 0.25) is 0 Å². The molecule has 0 saturated carbocycles. The Balaban J connectivity index is 2.36. The van der Waals surface area contributed by atoms with Crippen LogP contribution in [-0.4, -0.2) is 15.5 Å². The molecular formula is C18H23NO3S. The molecule has 0 spiro atoms. The van der Waals surface area contributed by atoms with Gasteiger partial charge in [0.25, 0.3) is 0 Å². The summed E-state index contributed by atoms with van der Waals surface area (Å²) in [7, 11) is -2.16. The summed E-state index contributed by atoms with van der Waals surface area (Å²) in [6.45, 7) is 6.30. The number of nitrogens with one attached hydrogen (secondary N) is 1. The van der Waals surface area contributed by atoms with Gasteiger partial charge in [-0.3, -0.25) is 0 Å². The van der Waals surface area contributed by atoms with Crippen molar-refractivity contribution in [3.05, 3.63) is 59.2 Å². The summed E-state index contributed by atoms with van der Waals surface area (Å²) in [6, 6.07) is 12.9. The van der Waals surface area contributed by atoms with E-state index in [0.29, 0.717) is 5.75 Å². The van der Waals surface area contributed by atoms with Crippen LogP contribution in [0.5, 0.6) is 5.75 Å². The minimum absolute atomic E-state index is 0.185. The highest BCUT2D eigenvalue weighted by atomic mass is 32.2. The fourth-order valence-electron chi connectivity index (χ4n) is 2.52. The minimum Gasteiger partial charge on any atom is -0.495 e. The fourth-order valence-corrected chi connectivity index (χ4v) is 3.72. The van der Waals surface area contributed by atoms with Crippen LogP contribution in [0, 0.1) is 6.92 Å². The molecule has 0 aliphatic rings. The molecule has 0 radical (unpaired) electrons. The van der Waals surface area contributed by atoms with Gasteiger partial charge in [-0.15, -0.1) is 0 Å². The zero-order chi connectivity index (χ0) is 17.0. The molecule has 0 aliphatic carbocycles. The Morgan fingerprint density at radius 1 is 1.13 bits per heavy atom. The van der Waals surface area contributed by atoms with Crippen LogP contribution >= 0.6 is 0 Å². The van der Waals surface area contributed by atoms with Gasteiger partial charge in [-0.2, -0.15) is 0 Å². The molecule has 2 rings (SSSR count). The van der Waals surface area contributed by atoms with E-state index < -0.39 is 10.0 Å². The highest BCUT2D eigenvalue weighted by Gasteiger charge is 2.22. The molecule has 0 saturated heterocycles. The predicted octanol–water partition coefficient (Wildman–Crippen LogP) is 3.61. The average molecular weight is 333 g/mol. The van der Waals surface area contributed by atoms with Crippen molar-refractivity contribution in [2.24, 2.45) is 0 Å². The lowest BCUT2D eigenvalue weighted by Gasteiger charge is -2.16. The molecule has 23 heavy (non-hydrogen) atoms. The first-order chi connectivity index (χ1) is 10.8. The maximum Gasteiger partial charge on any atom is 0.244 e. The van der Waals surface area contributed by atoms with Crippen LogP contribution in [0.1, 0.15) is 36.5 Å². The molecule has 0 amide bonds. The summed E-state index contributed by atoms with van der Waals surface area (Å²) >= 11 is 0. The Hall–Kier alpha value is -1.85. The first-order valence-electron chi connectivity index (χ1n) is 7.57. The van der Waals surface area contributed by atoms with E-state index >= 15 is 0 Å². The van der Waals surface area contributed by atoms with Crippen molar-refractivity contribution in [2.45, 2.75) is 38.1 Å². The van der Waals surface area contributed by atoms with E-state index in [9.17, 15) is 8.42 Å². The number of hydrogen-bond acceptors (Lipinski definition) is 3. The molecular weight excluding hydrogens is 310 g/mol. The molecule has 0 heterocycles. The molecule has 0 aliphatic heterocycles. The van der Waals surface area contributed by atoms with E-state index in [0.717, 1.165) is 16.7 Å². The van der Waals surface area contributed by atoms with E-state index in [1.54, 1.807) is 12.1 Å². The van der Waals surface area contributed by atoms with Crippen LogP contribution in [0.15, 0.2) is 47.4 Å². The van der Waals surface area contributed by atoms with Crippen molar-refractivity contribution >= 4 is 10.0 Å². The first kappa shape index (κ1) is 17.5. The summed E-state index contributed by atoms with van der Waals surface area (Å²) in [4.78, 5) is 0.185. The standard InChI is InChI=1S/C18H23NO3S/c1-13(2)16-11-18(17(22-4)10-14(16)3)23(20,21)19-12-15-8-6-5-7-9-15/h5-11,13,19H,12H2,1-4H3. The second-order valence-corrected chi connectivity index (χ2v) is 7.56. The largest absolute Gasteiger partial charge is 0.495 e. The summed E-state index contributed by atoms with van der Waals surface area (Å²) in [5.74, 6) is 0.608. The SMILES string of the molecule is COc1cc(C)c(C(C)C)cc1S(=O)(=O)NCc1ccccc1. The highest BCUT2D eigenvalue weighted by molar-refractivity contribution is 7.89. The molecule has 0 fully saturated rings. The monoisotopic (exact) mass is 333 g/mol. The van der Waals surface area contributed by atoms with Crippen LogP contribution in [0.3, 0.4) is 0 Å². The normalized spacial score (nSPS) is 11.7. The van der Waals surface area contributed by atoms with E-state index in [-0.39, 0.29) is 17.4 Å². The zero-order valence-corrected chi connectivity index (χ0v) is 14.8. The molecule has 1 N–H and O–H groups in total. The number of hydrogen-bond donors (Lipinski definition) is 1. The molecule has 0 atom stereocenters. The Morgan fingerprint density at radius 2 is 1.78 bits per heavy atom. The number of sulfonamides is 1. The van der Waals surface area contributed by atoms with Gasteiger partial charge in [0.15, 0.2) is 0 Å². The van der Waals surface area contributed by atoms with Crippen LogP contribution < -0.4 is 9.46 Å².